The predicted octanol–water partition coefficient (Wildman–Crippen LogP) is 4.79. The Morgan fingerprint density at radius 3 is 2.62 bits per heavy atom. The van der Waals surface area contributed by atoms with Crippen LogP contribution in [0.25, 0.3) is 0 Å². The molecule has 148 valence electrons. The molecule has 0 unspecified atom stereocenters. The lowest BCUT2D eigenvalue weighted by Gasteiger charge is -2.64. The van der Waals surface area contributed by atoms with Crippen LogP contribution in [0.3, 0.4) is 0 Å². The monoisotopic (exact) mass is 362 g/mol. The molecule has 3 saturated carbocycles. The molecule has 0 aromatic heterocycles. The lowest BCUT2D eigenvalue weighted by molar-refractivity contribution is -0.340. The summed E-state index contributed by atoms with van der Waals surface area (Å²) in [4.78, 5) is 0. The van der Waals surface area contributed by atoms with Crippen LogP contribution in [-0.2, 0) is 9.47 Å². The number of hydrogen-bond donors (Lipinski definition) is 1. The molecule has 3 nitrogen and oxygen atoms in total. The summed E-state index contributed by atoms with van der Waals surface area (Å²) in [5.41, 5.74) is 0.316. The van der Waals surface area contributed by atoms with Gasteiger partial charge in [0.2, 0.25) is 0 Å². The van der Waals surface area contributed by atoms with Gasteiger partial charge >= 0.3 is 0 Å². The second-order valence-electron chi connectivity index (χ2n) is 10.5. The van der Waals surface area contributed by atoms with Crippen LogP contribution in [-0.4, -0.2) is 29.2 Å². The van der Waals surface area contributed by atoms with Gasteiger partial charge in [-0.3, -0.25) is 0 Å². The lowest BCUT2D eigenvalue weighted by atomic mass is 9.47. The summed E-state index contributed by atoms with van der Waals surface area (Å²) in [6.07, 6.45) is 5.74. The van der Waals surface area contributed by atoms with E-state index in [2.05, 4.69) is 27.4 Å². The third-order valence-corrected chi connectivity index (χ3v) is 8.38. The first-order valence-corrected chi connectivity index (χ1v) is 10.9. The van der Waals surface area contributed by atoms with E-state index in [4.69, 9.17) is 9.47 Å². The van der Waals surface area contributed by atoms with Gasteiger partial charge < -0.3 is 14.6 Å². The van der Waals surface area contributed by atoms with E-state index in [0.29, 0.717) is 35.5 Å². The fourth-order valence-electron chi connectivity index (χ4n) is 7.03. The molecule has 0 radical (unpaired) electrons. The summed E-state index contributed by atoms with van der Waals surface area (Å²) in [6.45, 7) is 16.3. The minimum absolute atomic E-state index is 0.0930. The molecule has 3 aliphatic carbocycles. The molecule has 4 aliphatic rings. The van der Waals surface area contributed by atoms with E-state index < -0.39 is 11.4 Å². The van der Waals surface area contributed by atoms with E-state index in [0.717, 1.165) is 31.4 Å². The van der Waals surface area contributed by atoms with Crippen molar-refractivity contribution in [3.8, 4) is 0 Å². The fourth-order valence-corrected chi connectivity index (χ4v) is 7.03. The highest BCUT2D eigenvalue weighted by Crippen LogP contribution is 2.61. The first kappa shape index (κ1) is 19.0. The average Bonchev–Trinajstić information content (AvgIpc) is 2.55. The summed E-state index contributed by atoms with van der Waals surface area (Å²) in [5, 5.41) is 12.3. The van der Waals surface area contributed by atoms with Crippen LogP contribution < -0.4 is 0 Å². The Hall–Kier alpha value is -0.380. The highest BCUT2D eigenvalue weighted by atomic mass is 16.7. The van der Waals surface area contributed by atoms with E-state index in [1.807, 2.05) is 13.8 Å². The molecule has 26 heavy (non-hydrogen) atoms. The van der Waals surface area contributed by atoms with Gasteiger partial charge in [-0.15, -0.1) is 0 Å². The summed E-state index contributed by atoms with van der Waals surface area (Å²) in [5.74, 6) is 2.62. The van der Waals surface area contributed by atoms with Crippen LogP contribution in [0, 0.1) is 41.4 Å². The number of aliphatic hydroxyl groups is 1. The maximum Gasteiger partial charge on any atom is 0.163 e. The van der Waals surface area contributed by atoms with E-state index in [-0.39, 0.29) is 12.0 Å². The predicted molar refractivity (Wildman–Crippen MR) is 104 cm³/mol. The molecule has 4 rings (SSSR count). The van der Waals surface area contributed by atoms with Crippen LogP contribution in [0.15, 0.2) is 12.2 Å². The van der Waals surface area contributed by atoms with Crippen LogP contribution in [0.1, 0.15) is 66.7 Å². The van der Waals surface area contributed by atoms with Crippen molar-refractivity contribution in [2.45, 2.75) is 84.2 Å². The van der Waals surface area contributed by atoms with Gasteiger partial charge in [0.25, 0.3) is 0 Å². The van der Waals surface area contributed by atoms with Gasteiger partial charge in [-0.1, -0.05) is 33.8 Å². The van der Waals surface area contributed by atoms with Crippen LogP contribution in [0.5, 0.6) is 0 Å². The topological polar surface area (TPSA) is 38.7 Å². The van der Waals surface area contributed by atoms with Crippen molar-refractivity contribution in [1.82, 2.24) is 0 Å². The molecule has 1 saturated heterocycles. The number of hydrogen-bond acceptors (Lipinski definition) is 3. The first-order valence-electron chi connectivity index (χ1n) is 10.9. The van der Waals surface area contributed by atoms with Gasteiger partial charge in [0.1, 0.15) is 0 Å². The molecule has 0 amide bonds. The molecule has 0 spiro atoms. The van der Waals surface area contributed by atoms with Crippen molar-refractivity contribution in [2.24, 2.45) is 41.4 Å². The third kappa shape index (κ3) is 2.72. The molecule has 4 fully saturated rings. The van der Waals surface area contributed by atoms with Crippen molar-refractivity contribution < 1.29 is 14.6 Å². The summed E-state index contributed by atoms with van der Waals surface area (Å²) >= 11 is 0. The molecule has 8 atom stereocenters. The molecule has 0 aromatic rings. The molecule has 1 heterocycles. The van der Waals surface area contributed by atoms with E-state index in [1.165, 1.54) is 12.8 Å². The van der Waals surface area contributed by atoms with Gasteiger partial charge in [-0.05, 0) is 74.7 Å². The quantitative estimate of drug-likeness (QED) is 0.682. The SMILES string of the molecule is C=C1CC[C@@H]2[C@H]3[C@@H]4OC(C)(C)OC[C@@H]4C[C@@H]([C@@H](C(C)C)CC[C@@H]2C)[C@@]13O. The second kappa shape index (κ2) is 6.32. The smallest absolute Gasteiger partial charge is 0.163 e. The van der Waals surface area contributed by atoms with E-state index >= 15 is 0 Å². The number of fused-ring (bicyclic) bond motifs is 1. The fraction of sp³-hybridized carbons (Fsp3) is 0.913. The van der Waals surface area contributed by atoms with Gasteiger partial charge in [0.05, 0.1) is 18.3 Å². The Morgan fingerprint density at radius 2 is 1.92 bits per heavy atom. The maximum absolute atomic E-state index is 12.3. The normalized spacial score (nSPS) is 50.7. The van der Waals surface area contributed by atoms with E-state index in [9.17, 15) is 5.11 Å². The van der Waals surface area contributed by atoms with Crippen LogP contribution >= 0.6 is 0 Å². The second-order valence-corrected chi connectivity index (χ2v) is 10.5. The first-order chi connectivity index (χ1) is 12.1. The number of ether oxygens (including phenoxy) is 2. The summed E-state index contributed by atoms with van der Waals surface area (Å²) < 4.78 is 12.6. The minimum Gasteiger partial charge on any atom is -0.385 e. The molecule has 4 bridgehead atoms. The number of rotatable bonds is 1. The Balaban J connectivity index is 1.82. The Kier molecular flexibility index (Phi) is 4.61. The highest BCUT2D eigenvalue weighted by Gasteiger charge is 2.64. The Labute approximate surface area is 159 Å². The zero-order valence-corrected chi connectivity index (χ0v) is 17.3. The maximum atomic E-state index is 12.3. The van der Waals surface area contributed by atoms with Crippen molar-refractivity contribution in [3.05, 3.63) is 12.2 Å². The Bertz CT molecular complexity index is 568. The van der Waals surface area contributed by atoms with Crippen LogP contribution in [0.4, 0.5) is 0 Å². The van der Waals surface area contributed by atoms with Crippen molar-refractivity contribution in [1.29, 1.82) is 0 Å². The van der Waals surface area contributed by atoms with E-state index in [1.54, 1.807) is 0 Å². The van der Waals surface area contributed by atoms with Gasteiger partial charge in [0.15, 0.2) is 5.79 Å². The van der Waals surface area contributed by atoms with Crippen molar-refractivity contribution in [3.63, 3.8) is 0 Å². The molecule has 1 N–H and O–H groups in total. The minimum atomic E-state index is -0.763. The molecule has 0 aromatic carbocycles. The Morgan fingerprint density at radius 1 is 1.19 bits per heavy atom. The van der Waals surface area contributed by atoms with Crippen molar-refractivity contribution in [2.75, 3.05) is 6.61 Å². The van der Waals surface area contributed by atoms with Gasteiger partial charge in [0, 0.05) is 11.8 Å². The average molecular weight is 363 g/mol. The largest absolute Gasteiger partial charge is 0.385 e. The zero-order valence-electron chi connectivity index (χ0n) is 17.3. The standard InChI is InChI=1S/C23H38O3/c1-13(2)17-9-7-14(3)18-10-8-15(4)23(24)19(17)11-16-12-25-22(5,6)26-21(16)20(18)23/h13-14,16-21,24H,4,7-12H2,1-3,5-6H3/t14-,16-,17+,18-,19-,20-,21+,23-/m0/s1. The summed E-state index contributed by atoms with van der Waals surface area (Å²) in [7, 11) is 0. The molecular formula is C23H38O3. The third-order valence-electron chi connectivity index (χ3n) is 8.38. The van der Waals surface area contributed by atoms with Crippen molar-refractivity contribution >= 4 is 0 Å². The molecular weight excluding hydrogens is 324 g/mol. The molecule has 3 heteroatoms. The summed E-state index contributed by atoms with van der Waals surface area (Å²) in [6, 6.07) is 0. The van der Waals surface area contributed by atoms with Gasteiger partial charge in [-0.25, -0.2) is 0 Å². The lowest BCUT2D eigenvalue weighted by Crippen LogP contribution is -2.68. The van der Waals surface area contributed by atoms with Gasteiger partial charge in [-0.2, -0.15) is 0 Å². The zero-order chi connectivity index (χ0) is 18.9. The molecule has 1 aliphatic heterocycles. The highest BCUT2D eigenvalue weighted by molar-refractivity contribution is 5.27. The van der Waals surface area contributed by atoms with Crippen LogP contribution in [0.2, 0.25) is 0 Å².